The molecule has 5 nitrogen and oxygen atoms in total. The van der Waals surface area contributed by atoms with Crippen molar-refractivity contribution < 1.29 is 14.3 Å². The third kappa shape index (κ3) is 2.53. The molecule has 0 aromatic heterocycles. The summed E-state index contributed by atoms with van der Waals surface area (Å²) in [6, 6.07) is 0. The summed E-state index contributed by atoms with van der Waals surface area (Å²) in [5.41, 5.74) is -0.560. The molecule has 1 atom stereocenters. The normalized spacial score (nSPS) is 25.2. The first-order valence-electron chi connectivity index (χ1n) is 6.79. The number of esters is 1. The summed E-state index contributed by atoms with van der Waals surface area (Å²) in [6.45, 7) is 4.20. The number of methoxy groups -OCH3 is 2. The van der Waals surface area contributed by atoms with Crippen molar-refractivity contribution >= 4 is 5.97 Å². The van der Waals surface area contributed by atoms with E-state index in [9.17, 15) is 4.79 Å². The van der Waals surface area contributed by atoms with Crippen LogP contribution >= 0.6 is 0 Å². The fourth-order valence-electron chi connectivity index (χ4n) is 3.02. The van der Waals surface area contributed by atoms with Gasteiger partial charge in [0, 0.05) is 26.7 Å². The Morgan fingerprint density at radius 1 is 1.33 bits per heavy atom. The van der Waals surface area contributed by atoms with Crippen molar-refractivity contribution in [1.29, 1.82) is 0 Å². The van der Waals surface area contributed by atoms with Gasteiger partial charge >= 0.3 is 5.97 Å². The lowest BCUT2D eigenvalue weighted by atomic mass is 9.91. The second kappa shape index (κ2) is 5.99. The van der Waals surface area contributed by atoms with Gasteiger partial charge in [-0.3, -0.25) is 4.90 Å². The van der Waals surface area contributed by atoms with Crippen molar-refractivity contribution in [3.8, 4) is 0 Å². The average molecular weight is 256 g/mol. The molecule has 1 N–H and O–H groups in total. The molecule has 1 saturated carbocycles. The fourth-order valence-corrected chi connectivity index (χ4v) is 3.02. The second-order valence-corrected chi connectivity index (χ2v) is 5.21. The predicted octanol–water partition coefficient (Wildman–Crippen LogP) is 0.250. The summed E-state index contributed by atoms with van der Waals surface area (Å²) in [6.07, 6.45) is 3.26. The lowest BCUT2D eigenvalue weighted by Crippen LogP contribution is -2.60. The topological polar surface area (TPSA) is 50.8 Å². The number of ether oxygens (including phenoxy) is 2. The van der Waals surface area contributed by atoms with E-state index in [0.717, 1.165) is 45.4 Å². The van der Waals surface area contributed by atoms with E-state index in [1.807, 2.05) is 0 Å². The highest BCUT2D eigenvalue weighted by Crippen LogP contribution is 2.44. The maximum Gasteiger partial charge on any atom is 0.328 e. The number of nitrogens with one attached hydrogen (secondary N) is 1. The molecular weight excluding hydrogens is 232 g/mol. The van der Waals surface area contributed by atoms with Crippen LogP contribution < -0.4 is 5.32 Å². The molecule has 2 aliphatic rings. The largest absolute Gasteiger partial charge is 0.468 e. The van der Waals surface area contributed by atoms with Crippen LogP contribution in [0, 0.1) is 5.92 Å². The third-order valence-corrected chi connectivity index (χ3v) is 4.06. The van der Waals surface area contributed by atoms with Gasteiger partial charge in [0.25, 0.3) is 0 Å². The monoisotopic (exact) mass is 256 g/mol. The number of rotatable bonds is 5. The van der Waals surface area contributed by atoms with Gasteiger partial charge in [0.1, 0.15) is 5.54 Å². The first kappa shape index (κ1) is 13.8. The SMILES string of the molecule is COCC(C(=O)OC)(C1CC1)N1CCCNCC1. The van der Waals surface area contributed by atoms with Crippen molar-refractivity contribution in [2.24, 2.45) is 5.92 Å². The summed E-state index contributed by atoms with van der Waals surface area (Å²) in [4.78, 5) is 14.6. The predicted molar refractivity (Wildman–Crippen MR) is 68.4 cm³/mol. The van der Waals surface area contributed by atoms with Gasteiger partial charge in [-0.05, 0) is 31.7 Å². The molecule has 104 valence electrons. The van der Waals surface area contributed by atoms with Gasteiger partial charge in [0.05, 0.1) is 13.7 Å². The molecule has 0 aromatic rings. The second-order valence-electron chi connectivity index (χ2n) is 5.21. The molecule has 0 bridgehead atoms. The third-order valence-electron chi connectivity index (χ3n) is 4.06. The van der Waals surface area contributed by atoms with Crippen molar-refractivity contribution in [3.63, 3.8) is 0 Å². The van der Waals surface area contributed by atoms with Gasteiger partial charge in [-0.25, -0.2) is 4.79 Å². The van der Waals surface area contributed by atoms with Crippen molar-refractivity contribution in [2.45, 2.75) is 24.8 Å². The standard InChI is InChI=1S/C13H24N2O3/c1-17-10-13(11-4-5-11,12(16)18-2)15-8-3-6-14-7-9-15/h11,14H,3-10H2,1-2H3. The molecule has 1 unspecified atom stereocenters. The highest BCUT2D eigenvalue weighted by Gasteiger charge is 2.55. The molecule has 1 aliphatic carbocycles. The molecule has 1 aliphatic heterocycles. The Labute approximate surface area is 109 Å². The van der Waals surface area contributed by atoms with Crippen LogP contribution in [0.25, 0.3) is 0 Å². The van der Waals surface area contributed by atoms with Crippen molar-refractivity contribution in [2.75, 3.05) is 47.0 Å². The molecule has 5 heteroatoms. The molecule has 1 heterocycles. The number of hydrogen-bond acceptors (Lipinski definition) is 5. The zero-order valence-corrected chi connectivity index (χ0v) is 11.4. The summed E-state index contributed by atoms with van der Waals surface area (Å²) in [5, 5.41) is 3.37. The van der Waals surface area contributed by atoms with Crippen LogP contribution in [-0.4, -0.2) is 63.4 Å². The molecule has 1 saturated heterocycles. The molecular formula is C13H24N2O3. The van der Waals surface area contributed by atoms with Crippen LogP contribution in [0.4, 0.5) is 0 Å². The van der Waals surface area contributed by atoms with Gasteiger partial charge in [-0.1, -0.05) is 0 Å². The summed E-state index contributed by atoms with van der Waals surface area (Å²) < 4.78 is 10.4. The van der Waals surface area contributed by atoms with Gasteiger partial charge in [0.2, 0.25) is 0 Å². The van der Waals surface area contributed by atoms with E-state index in [1.165, 1.54) is 7.11 Å². The van der Waals surface area contributed by atoms with E-state index in [1.54, 1.807) is 7.11 Å². The first-order chi connectivity index (χ1) is 8.75. The lowest BCUT2D eigenvalue weighted by molar-refractivity contribution is -0.161. The summed E-state index contributed by atoms with van der Waals surface area (Å²) >= 11 is 0. The van der Waals surface area contributed by atoms with E-state index in [-0.39, 0.29) is 5.97 Å². The van der Waals surface area contributed by atoms with Crippen LogP contribution in [0.1, 0.15) is 19.3 Å². The molecule has 0 amide bonds. The van der Waals surface area contributed by atoms with Gasteiger partial charge < -0.3 is 14.8 Å². The van der Waals surface area contributed by atoms with Crippen LogP contribution in [0.3, 0.4) is 0 Å². The maximum absolute atomic E-state index is 12.4. The van der Waals surface area contributed by atoms with E-state index in [4.69, 9.17) is 9.47 Å². The Balaban J connectivity index is 2.22. The van der Waals surface area contributed by atoms with Gasteiger partial charge in [-0.15, -0.1) is 0 Å². The fraction of sp³-hybridized carbons (Fsp3) is 0.923. The van der Waals surface area contributed by atoms with E-state index < -0.39 is 5.54 Å². The number of carbonyl (C=O) groups excluding carboxylic acids is 1. The lowest BCUT2D eigenvalue weighted by Gasteiger charge is -2.40. The average Bonchev–Trinajstić information content (AvgIpc) is 3.21. The molecule has 0 spiro atoms. The quantitative estimate of drug-likeness (QED) is 0.715. The van der Waals surface area contributed by atoms with Crippen LogP contribution in [0.2, 0.25) is 0 Å². The minimum Gasteiger partial charge on any atom is -0.468 e. The first-order valence-corrected chi connectivity index (χ1v) is 6.79. The molecule has 2 rings (SSSR count). The number of hydrogen-bond donors (Lipinski definition) is 1. The Morgan fingerprint density at radius 3 is 2.72 bits per heavy atom. The minimum atomic E-state index is -0.560. The van der Waals surface area contributed by atoms with Crippen LogP contribution in [-0.2, 0) is 14.3 Å². The Bertz CT molecular complexity index is 286. The summed E-state index contributed by atoms with van der Waals surface area (Å²) in [5.74, 6) is 0.261. The Morgan fingerprint density at radius 2 is 2.11 bits per heavy atom. The van der Waals surface area contributed by atoms with E-state index in [0.29, 0.717) is 12.5 Å². The van der Waals surface area contributed by atoms with Crippen LogP contribution in [0.5, 0.6) is 0 Å². The molecule has 2 fully saturated rings. The molecule has 0 radical (unpaired) electrons. The van der Waals surface area contributed by atoms with E-state index in [2.05, 4.69) is 10.2 Å². The van der Waals surface area contributed by atoms with Crippen molar-refractivity contribution in [1.82, 2.24) is 10.2 Å². The van der Waals surface area contributed by atoms with Crippen molar-refractivity contribution in [3.05, 3.63) is 0 Å². The summed E-state index contributed by atoms with van der Waals surface area (Å²) in [7, 11) is 3.14. The minimum absolute atomic E-state index is 0.131. The zero-order chi connectivity index (χ0) is 13.0. The van der Waals surface area contributed by atoms with E-state index >= 15 is 0 Å². The number of nitrogens with zero attached hydrogens (tertiary/aromatic N) is 1. The Hall–Kier alpha value is -0.650. The van der Waals surface area contributed by atoms with Gasteiger partial charge in [0.15, 0.2) is 0 Å². The maximum atomic E-state index is 12.4. The smallest absolute Gasteiger partial charge is 0.328 e. The number of carbonyl (C=O) groups is 1. The Kier molecular flexibility index (Phi) is 4.59. The van der Waals surface area contributed by atoms with Gasteiger partial charge in [-0.2, -0.15) is 0 Å². The highest BCUT2D eigenvalue weighted by atomic mass is 16.5. The highest BCUT2D eigenvalue weighted by molar-refractivity contribution is 5.82. The zero-order valence-electron chi connectivity index (χ0n) is 11.4. The van der Waals surface area contributed by atoms with Crippen LogP contribution in [0.15, 0.2) is 0 Å². The molecule has 0 aromatic carbocycles. The molecule has 18 heavy (non-hydrogen) atoms.